The van der Waals surface area contributed by atoms with Crippen LogP contribution in [-0.4, -0.2) is 30.5 Å². The molecule has 2 aromatic carbocycles. The summed E-state index contributed by atoms with van der Waals surface area (Å²) in [5.74, 6) is 0.395. The van der Waals surface area contributed by atoms with Gasteiger partial charge in [0.1, 0.15) is 5.75 Å². The lowest BCUT2D eigenvalue weighted by Gasteiger charge is -2.24. The monoisotopic (exact) mass is 514 g/mol. The third-order valence-electron chi connectivity index (χ3n) is 5.65. The van der Waals surface area contributed by atoms with Crippen LogP contribution in [0.25, 0.3) is 6.08 Å². The van der Waals surface area contributed by atoms with Gasteiger partial charge in [-0.2, -0.15) is 8.78 Å². The van der Waals surface area contributed by atoms with Crippen LogP contribution in [0.5, 0.6) is 17.2 Å². The van der Waals surface area contributed by atoms with Gasteiger partial charge in [-0.25, -0.2) is 9.79 Å². The number of halogens is 2. The summed E-state index contributed by atoms with van der Waals surface area (Å²) < 4.78 is 48.2. The van der Waals surface area contributed by atoms with Crippen molar-refractivity contribution in [3.63, 3.8) is 0 Å². The molecule has 5 rings (SSSR count). The van der Waals surface area contributed by atoms with E-state index in [4.69, 9.17) is 14.2 Å². The van der Waals surface area contributed by atoms with E-state index in [1.54, 1.807) is 50.2 Å². The van der Waals surface area contributed by atoms with Crippen molar-refractivity contribution < 1.29 is 32.5 Å². The van der Waals surface area contributed by atoms with E-state index in [0.29, 0.717) is 33.1 Å². The molecule has 186 valence electrons. The van der Waals surface area contributed by atoms with Gasteiger partial charge in [-0.15, -0.1) is 0 Å². The fraction of sp³-hybridized carbons (Fsp3) is 0.240. The molecule has 11 heteroatoms. The normalized spacial score (nSPS) is 16.7. The molecular formula is C25H20F2N2O6S. The smallest absolute Gasteiger partial charge is 0.387 e. The van der Waals surface area contributed by atoms with Crippen LogP contribution in [0, 0.1) is 0 Å². The fourth-order valence-electron chi connectivity index (χ4n) is 4.13. The van der Waals surface area contributed by atoms with E-state index < -0.39 is 24.2 Å². The van der Waals surface area contributed by atoms with Gasteiger partial charge in [-0.3, -0.25) is 9.36 Å². The Labute approximate surface area is 207 Å². The maximum absolute atomic E-state index is 13.7. The van der Waals surface area contributed by atoms with Crippen molar-refractivity contribution in [2.45, 2.75) is 26.5 Å². The van der Waals surface area contributed by atoms with Crippen molar-refractivity contribution in [2.75, 3.05) is 13.4 Å². The number of para-hydroxylation sites is 1. The number of rotatable bonds is 6. The molecule has 0 saturated carbocycles. The van der Waals surface area contributed by atoms with E-state index in [2.05, 4.69) is 9.73 Å². The highest BCUT2D eigenvalue weighted by atomic mass is 32.1. The second-order valence-corrected chi connectivity index (χ2v) is 8.84. The van der Waals surface area contributed by atoms with E-state index in [9.17, 15) is 18.4 Å². The van der Waals surface area contributed by atoms with E-state index >= 15 is 0 Å². The Hall–Kier alpha value is -3.99. The highest BCUT2D eigenvalue weighted by molar-refractivity contribution is 7.07. The first-order valence-corrected chi connectivity index (χ1v) is 11.8. The number of hydrogen-bond acceptors (Lipinski definition) is 8. The van der Waals surface area contributed by atoms with Crippen molar-refractivity contribution in [2.24, 2.45) is 4.99 Å². The van der Waals surface area contributed by atoms with Crippen LogP contribution in [0.4, 0.5) is 8.78 Å². The highest BCUT2D eigenvalue weighted by Gasteiger charge is 2.34. The molecule has 36 heavy (non-hydrogen) atoms. The molecule has 0 bridgehead atoms. The van der Waals surface area contributed by atoms with Crippen molar-refractivity contribution in [3.05, 3.63) is 84.5 Å². The molecule has 0 fully saturated rings. The number of fused-ring (bicyclic) bond motifs is 2. The molecule has 0 unspecified atom stereocenters. The lowest BCUT2D eigenvalue weighted by atomic mass is 9.95. The SMILES string of the molecule is CCOC(=O)C1=C(C)N=c2s/c(=C/c3ccccc3OC(F)F)c(=O)n2[C@@H]1c1ccc2c(c1)OCO2. The predicted octanol–water partition coefficient (Wildman–Crippen LogP) is 3.13. The maximum atomic E-state index is 13.7. The standard InChI is InChI=1S/C25H20F2N2O6S/c1-3-32-23(31)20-13(2)28-25-29(21(20)15-8-9-17-18(10-15)34-12-33-17)22(30)19(36-25)11-14-6-4-5-7-16(14)35-24(26)27/h4-11,21,24H,3,12H2,1-2H3/b19-11+/t21-/m1/s1. The topological polar surface area (TPSA) is 88.4 Å². The molecule has 0 radical (unpaired) electrons. The van der Waals surface area contributed by atoms with Gasteiger partial charge in [-0.1, -0.05) is 35.6 Å². The molecule has 3 aromatic rings. The Kier molecular flexibility index (Phi) is 6.31. The Morgan fingerprint density at radius 1 is 1.25 bits per heavy atom. The average Bonchev–Trinajstić information content (AvgIpc) is 3.43. The van der Waals surface area contributed by atoms with Crippen LogP contribution in [0.2, 0.25) is 0 Å². The molecule has 1 aromatic heterocycles. The lowest BCUT2D eigenvalue weighted by Crippen LogP contribution is -2.39. The summed E-state index contributed by atoms with van der Waals surface area (Å²) in [6.07, 6.45) is 1.47. The minimum Gasteiger partial charge on any atom is -0.463 e. The number of esters is 1. The molecule has 0 saturated heterocycles. The second kappa shape index (κ2) is 9.57. The van der Waals surface area contributed by atoms with Crippen LogP contribution in [0.15, 0.2) is 63.5 Å². The number of nitrogens with zero attached hydrogens (tertiary/aromatic N) is 2. The first kappa shape index (κ1) is 23.7. The molecule has 0 N–H and O–H groups in total. The van der Waals surface area contributed by atoms with Crippen LogP contribution in [0.3, 0.4) is 0 Å². The lowest BCUT2D eigenvalue weighted by molar-refractivity contribution is -0.139. The van der Waals surface area contributed by atoms with Gasteiger partial charge < -0.3 is 18.9 Å². The summed E-state index contributed by atoms with van der Waals surface area (Å²) in [4.78, 5) is 31.5. The molecule has 0 amide bonds. The summed E-state index contributed by atoms with van der Waals surface area (Å²) in [5, 5.41) is 0. The van der Waals surface area contributed by atoms with Gasteiger partial charge in [0, 0.05) is 5.56 Å². The number of allylic oxidation sites excluding steroid dienone is 1. The first-order valence-electron chi connectivity index (χ1n) is 11.0. The third kappa shape index (κ3) is 4.26. The summed E-state index contributed by atoms with van der Waals surface area (Å²) >= 11 is 1.08. The summed E-state index contributed by atoms with van der Waals surface area (Å²) in [6.45, 7) is 0.574. The van der Waals surface area contributed by atoms with Gasteiger partial charge >= 0.3 is 12.6 Å². The molecule has 3 heterocycles. The van der Waals surface area contributed by atoms with Gasteiger partial charge in [0.15, 0.2) is 16.3 Å². The number of benzene rings is 2. The molecule has 8 nitrogen and oxygen atoms in total. The van der Waals surface area contributed by atoms with Crippen LogP contribution in [-0.2, 0) is 9.53 Å². The fourth-order valence-corrected chi connectivity index (χ4v) is 5.17. The van der Waals surface area contributed by atoms with Crippen molar-refractivity contribution in [1.29, 1.82) is 0 Å². The number of hydrogen-bond donors (Lipinski definition) is 0. The zero-order chi connectivity index (χ0) is 25.4. The molecule has 0 aliphatic carbocycles. The number of aromatic nitrogens is 1. The summed E-state index contributed by atoms with van der Waals surface area (Å²) in [5.41, 5.74) is 1.10. The summed E-state index contributed by atoms with van der Waals surface area (Å²) in [6, 6.07) is 10.5. The van der Waals surface area contributed by atoms with E-state index in [1.165, 1.54) is 16.7 Å². The largest absolute Gasteiger partial charge is 0.463 e. The molecule has 2 aliphatic rings. The molecule has 2 aliphatic heterocycles. The van der Waals surface area contributed by atoms with E-state index in [-0.39, 0.29) is 29.3 Å². The maximum Gasteiger partial charge on any atom is 0.387 e. The van der Waals surface area contributed by atoms with Gasteiger partial charge in [0.05, 0.1) is 28.5 Å². The summed E-state index contributed by atoms with van der Waals surface area (Å²) in [7, 11) is 0. The third-order valence-corrected chi connectivity index (χ3v) is 6.63. The number of carbonyl (C=O) groups excluding carboxylic acids is 1. The minimum absolute atomic E-state index is 0.0611. The van der Waals surface area contributed by atoms with Crippen LogP contribution >= 0.6 is 11.3 Å². The van der Waals surface area contributed by atoms with Crippen LogP contribution in [0.1, 0.15) is 31.0 Å². The number of alkyl halides is 2. The average molecular weight is 515 g/mol. The Morgan fingerprint density at radius 2 is 2.03 bits per heavy atom. The Bertz CT molecular complexity index is 1560. The Balaban J connectivity index is 1.71. The molecule has 0 spiro atoms. The van der Waals surface area contributed by atoms with E-state index in [1.807, 2.05) is 0 Å². The number of thiazole rings is 1. The van der Waals surface area contributed by atoms with Crippen LogP contribution < -0.4 is 29.1 Å². The second-order valence-electron chi connectivity index (χ2n) is 7.83. The van der Waals surface area contributed by atoms with E-state index in [0.717, 1.165) is 11.3 Å². The first-order chi connectivity index (χ1) is 17.4. The zero-order valence-electron chi connectivity index (χ0n) is 19.2. The van der Waals surface area contributed by atoms with Crippen molar-refractivity contribution in [1.82, 2.24) is 4.57 Å². The molecular weight excluding hydrogens is 494 g/mol. The highest BCUT2D eigenvalue weighted by Crippen LogP contribution is 2.38. The van der Waals surface area contributed by atoms with Crippen molar-refractivity contribution in [3.8, 4) is 17.2 Å². The van der Waals surface area contributed by atoms with Gasteiger partial charge in [-0.05, 0) is 43.7 Å². The number of carbonyl (C=O) groups is 1. The van der Waals surface area contributed by atoms with Crippen molar-refractivity contribution >= 4 is 23.4 Å². The van der Waals surface area contributed by atoms with Gasteiger partial charge in [0.25, 0.3) is 5.56 Å². The zero-order valence-corrected chi connectivity index (χ0v) is 20.0. The Morgan fingerprint density at radius 3 is 2.81 bits per heavy atom. The predicted molar refractivity (Wildman–Crippen MR) is 126 cm³/mol. The quantitative estimate of drug-likeness (QED) is 0.470. The number of ether oxygens (including phenoxy) is 4. The van der Waals surface area contributed by atoms with Gasteiger partial charge in [0.2, 0.25) is 6.79 Å². The molecule has 1 atom stereocenters. The minimum atomic E-state index is -3.01.